The number of nitrogens with one attached hydrogen (secondary N) is 2. The van der Waals surface area contributed by atoms with Gasteiger partial charge in [0.25, 0.3) is 5.91 Å². The molecule has 0 atom stereocenters. The molecule has 98 valence electrons. The van der Waals surface area contributed by atoms with E-state index in [1.165, 1.54) is 18.5 Å². The molecule has 0 saturated heterocycles. The zero-order valence-electron chi connectivity index (χ0n) is 10.2. The molecule has 0 radical (unpaired) electrons. The van der Waals surface area contributed by atoms with E-state index in [-0.39, 0.29) is 16.9 Å². The van der Waals surface area contributed by atoms with Gasteiger partial charge < -0.3 is 10.3 Å². The topological polar surface area (TPSA) is 62.0 Å². The molecule has 0 bridgehead atoms. The lowest BCUT2D eigenvalue weighted by Crippen LogP contribution is -2.30. The normalized spacial score (nSPS) is 10.2. The van der Waals surface area contributed by atoms with Gasteiger partial charge in [-0.15, -0.1) is 0 Å². The molecule has 0 aliphatic rings. The van der Waals surface area contributed by atoms with E-state index in [0.29, 0.717) is 18.0 Å². The first kappa shape index (κ1) is 13.4. The lowest BCUT2D eigenvalue weighted by atomic mass is 10.1. The number of amides is 1. The Balaban J connectivity index is 1.91. The molecular formula is C14H13ClN2O2. The van der Waals surface area contributed by atoms with E-state index in [9.17, 15) is 9.59 Å². The van der Waals surface area contributed by atoms with Crippen molar-refractivity contribution in [1.29, 1.82) is 0 Å². The van der Waals surface area contributed by atoms with Gasteiger partial charge in [0.1, 0.15) is 5.56 Å². The monoisotopic (exact) mass is 276 g/mol. The molecule has 5 heteroatoms. The van der Waals surface area contributed by atoms with E-state index in [1.807, 2.05) is 18.2 Å². The van der Waals surface area contributed by atoms with Crippen LogP contribution in [0.15, 0.2) is 47.5 Å². The van der Waals surface area contributed by atoms with E-state index in [2.05, 4.69) is 10.3 Å². The molecule has 2 aromatic rings. The smallest absolute Gasteiger partial charge is 0.256 e. The Labute approximate surface area is 115 Å². The summed E-state index contributed by atoms with van der Waals surface area (Å²) in [5, 5.41) is 3.38. The molecule has 1 aromatic heterocycles. The van der Waals surface area contributed by atoms with Crippen LogP contribution in [0.1, 0.15) is 15.9 Å². The number of aromatic nitrogens is 1. The third-order valence-electron chi connectivity index (χ3n) is 2.66. The number of hydrogen-bond donors (Lipinski definition) is 2. The summed E-state index contributed by atoms with van der Waals surface area (Å²) in [5.74, 6) is -0.371. The number of carbonyl (C=O) groups excluding carboxylic acids is 1. The first-order valence-electron chi connectivity index (χ1n) is 5.86. The Bertz CT molecular complexity index is 637. The second kappa shape index (κ2) is 6.20. The Morgan fingerprint density at radius 1 is 1.32 bits per heavy atom. The summed E-state index contributed by atoms with van der Waals surface area (Å²) in [6.45, 7) is 0.452. The average Bonchev–Trinajstić information content (AvgIpc) is 2.39. The molecule has 0 fully saturated rings. The van der Waals surface area contributed by atoms with Gasteiger partial charge in [-0.2, -0.15) is 0 Å². The predicted molar refractivity (Wildman–Crippen MR) is 74.6 cm³/mol. The standard InChI is InChI=1S/C14H13ClN2O2/c15-11-3-1-2-10(8-11)4-7-17-14(19)12-9-16-6-5-13(12)18/h1-3,5-6,8-9H,4,7H2,(H,16,18)(H,17,19). The number of H-pyrrole nitrogens is 1. The number of aromatic amines is 1. The van der Waals surface area contributed by atoms with Crippen LogP contribution in [-0.2, 0) is 6.42 Å². The molecule has 2 rings (SSSR count). The summed E-state index contributed by atoms with van der Waals surface area (Å²) < 4.78 is 0. The summed E-state index contributed by atoms with van der Waals surface area (Å²) >= 11 is 5.87. The minimum atomic E-state index is -0.371. The van der Waals surface area contributed by atoms with Crippen molar-refractivity contribution in [3.05, 3.63) is 69.1 Å². The predicted octanol–water partition coefficient (Wildman–Crippen LogP) is 2.00. The Morgan fingerprint density at radius 2 is 2.16 bits per heavy atom. The highest BCUT2D eigenvalue weighted by molar-refractivity contribution is 6.30. The third kappa shape index (κ3) is 3.69. The van der Waals surface area contributed by atoms with Crippen LogP contribution in [0.4, 0.5) is 0 Å². The number of pyridine rings is 1. The molecule has 4 nitrogen and oxygen atoms in total. The maximum atomic E-state index is 11.8. The van der Waals surface area contributed by atoms with Crippen molar-refractivity contribution in [1.82, 2.24) is 10.3 Å². The second-order valence-electron chi connectivity index (χ2n) is 4.06. The van der Waals surface area contributed by atoms with Gasteiger partial charge in [-0.3, -0.25) is 9.59 Å². The minimum Gasteiger partial charge on any atom is -0.367 e. The zero-order chi connectivity index (χ0) is 13.7. The fourth-order valence-corrected chi connectivity index (χ4v) is 1.91. The first-order chi connectivity index (χ1) is 9.16. The van der Waals surface area contributed by atoms with Crippen LogP contribution in [0, 0.1) is 0 Å². The van der Waals surface area contributed by atoms with Crippen LogP contribution in [0.2, 0.25) is 5.02 Å². The number of hydrogen-bond acceptors (Lipinski definition) is 2. The molecule has 2 N–H and O–H groups in total. The van der Waals surface area contributed by atoms with Crippen LogP contribution < -0.4 is 10.7 Å². The number of benzene rings is 1. The van der Waals surface area contributed by atoms with Crippen molar-refractivity contribution < 1.29 is 4.79 Å². The fourth-order valence-electron chi connectivity index (χ4n) is 1.70. The van der Waals surface area contributed by atoms with Crippen LogP contribution in [0.3, 0.4) is 0 Å². The van der Waals surface area contributed by atoms with Gasteiger partial charge in [0.2, 0.25) is 0 Å². The lowest BCUT2D eigenvalue weighted by molar-refractivity contribution is 0.0952. The molecule has 0 aliphatic carbocycles. The fraction of sp³-hybridized carbons (Fsp3) is 0.143. The van der Waals surface area contributed by atoms with Gasteiger partial charge in [-0.25, -0.2) is 0 Å². The quantitative estimate of drug-likeness (QED) is 0.897. The van der Waals surface area contributed by atoms with E-state index in [4.69, 9.17) is 11.6 Å². The zero-order valence-corrected chi connectivity index (χ0v) is 10.9. The number of rotatable bonds is 4. The summed E-state index contributed by atoms with van der Waals surface area (Å²) in [6, 6.07) is 8.77. The van der Waals surface area contributed by atoms with Gasteiger partial charge in [-0.05, 0) is 24.1 Å². The first-order valence-corrected chi connectivity index (χ1v) is 6.24. The van der Waals surface area contributed by atoms with E-state index in [0.717, 1.165) is 5.56 Å². The molecule has 1 aromatic carbocycles. The third-order valence-corrected chi connectivity index (χ3v) is 2.89. The van der Waals surface area contributed by atoms with Crippen molar-refractivity contribution in [3.63, 3.8) is 0 Å². The highest BCUT2D eigenvalue weighted by Gasteiger charge is 2.08. The Kier molecular flexibility index (Phi) is 4.36. The highest BCUT2D eigenvalue weighted by Crippen LogP contribution is 2.10. The lowest BCUT2D eigenvalue weighted by Gasteiger charge is -2.05. The second-order valence-corrected chi connectivity index (χ2v) is 4.49. The molecule has 0 unspecified atom stereocenters. The van der Waals surface area contributed by atoms with Gasteiger partial charge in [-0.1, -0.05) is 23.7 Å². The van der Waals surface area contributed by atoms with Crippen molar-refractivity contribution in [2.75, 3.05) is 6.54 Å². The van der Waals surface area contributed by atoms with E-state index >= 15 is 0 Å². The van der Waals surface area contributed by atoms with Gasteiger partial charge in [0.05, 0.1) is 0 Å². The van der Waals surface area contributed by atoms with E-state index < -0.39 is 0 Å². The largest absolute Gasteiger partial charge is 0.367 e. The average molecular weight is 277 g/mol. The van der Waals surface area contributed by atoms with Crippen LogP contribution in [0.5, 0.6) is 0 Å². The molecule has 1 amide bonds. The molecule has 19 heavy (non-hydrogen) atoms. The molecule has 0 saturated carbocycles. The molecular weight excluding hydrogens is 264 g/mol. The maximum Gasteiger partial charge on any atom is 0.256 e. The summed E-state index contributed by atoms with van der Waals surface area (Å²) in [6.07, 6.45) is 3.55. The highest BCUT2D eigenvalue weighted by atomic mass is 35.5. The summed E-state index contributed by atoms with van der Waals surface area (Å²) in [7, 11) is 0. The van der Waals surface area contributed by atoms with Gasteiger partial charge >= 0.3 is 0 Å². The minimum absolute atomic E-state index is 0.119. The summed E-state index contributed by atoms with van der Waals surface area (Å²) in [4.78, 5) is 25.9. The van der Waals surface area contributed by atoms with Crippen molar-refractivity contribution in [3.8, 4) is 0 Å². The van der Waals surface area contributed by atoms with Crippen molar-refractivity contribution >= 4 is 17.5 Å². The Hall–Kier alpha value is -2.07. The number of carbonyl (C=O) groups is 1. The molecule has 0 spiro atoms. The summed E-state index contributed by atoms with van der Waals surface area (Å²) in [5.41, 5.74) is 0.863. The van der Waals surface area contributed by atoms with Crippen LogP contribution in [0.25, 0.3) is 0 Å². The Morgan fingerprint density at radius 3 is 2.89 bits per heavy atom. The molecule has 0 aliphatic heterocycles. The van der Waals surface area contributed by atoms with Crippen LogP contribution in [-0.4, -0.2) is 17.4 Å². The van der Waals surface area contributed by atoms with Crippen molar-refractivity contribution in [2.45, 2.75) is 6.42 Å². The van der Waals surface area contributed by atoms with Gasteiger partial charge in [0.15, 0.2) is 5.43 Å². The number of halogens is 1. The molecule has 1 heterocycles. The van der Waals surface area contributed by atoms with Crippen molar-refractivity contribution in [2.24, 2.45) is 0 Å². The maximum absolute atomic E-state index is 11.8. The van der Waals surface area contributed by atoms with Crippen LogP contribution >= 0.6 is 11.6 Å². The van der Waals surface area contributed by atoms with E-state index in [1.54, 1.807) is 6.07 Å². The SMILES string of the molecule is O=C(NCCc1cccc(Cl)c1)c1c[nH]ccc1=O. The van der Waals surface area contributed by atoms with Gasteiger partial charge in [0, 0.05) is 30.0 Å².